The van der Waals surface area contributed by atoms with Gasteiger partial charge in [0.1, 0.15) is 16.4 Å². The van der Waals surface area contributed by atoms with Crippen molar-refractivity contribution < 1.29 is 23.8 Å². The van der Waals surface area contributed by atoms with Crippen molar-refractivity contribution in [3.8, 4) is 11.5 Å². The number of nitrogens with one attached hydrogen (secondary N) is 1. The predicted molar refractivity (Wildman–Crippen MR) is 110 cm³/mol. The second-order valence-electron chi connectivity index (χ2n) is 5.61. The van der Waals surface area contributed by atoms with Gasteiger partial charge >= 0.3 is 5.97 Å². The predicted octanol–water partition coefficient (Wildman–Crippen LogP) is 5.02. The average molecular weight is 440 g/mol. The Morgan fingerprint density at radius 1 is 1.04 bits per heavy atom. The van der Waals surface area contributed by atoms with Gasteiger partial charge in [0, 0.05) is 39.0 Å². The number of fused-ring (bicyclic) bond motifs is 1. The summed E-state index contributed by atoms with van der Waals surface area (Å²) in [4.78, 5) is 24.7. The van der Waals surface area contributed by atoms with Gasteiger partial charge in [0.15, 0.2) is 6.61 Å². The molecule has 1 heterocycles. The van der Waals surface area contributed by atoms with Gasteiger partial charge in [-0.15, -0.1) is 11.3 Å². The number of methoxy groups -OCH3 is 2. The highest BCUT2D eigenvalue weighted by atomic mass is 35.5. The van der Waals surface area contributed by atoms with E-state index in [9.17, 15) is 9.59 Å². The number of hydrogen-bond donors (Lipinski definition) is 1. The molecule has 0 aliphatic carbocycles. The maximum atomic E-state index is 12.3. The van der Waals surface area contributed by atoms with Crippen molar-refractivity contribution in [2.75, 3.05) is 26.1 Å². The standard InChI is InChI=1S/C19H15Cl2NO5S/c1-25-12-6-11(7-13(8-12)26-2)22-16(23)9-27-19(24)18-17(21)14-4-3-10(20)5-15(14)28-18/h3-8H,9H2,1-2H3,(H,22,23). The van der Waals surface area contributed by atoms with E-state index in [0.29, 0.717) is 27.6 Å². The van der Waals surface area contributed by atoms with E-state index in [0.717, 1.165) is 16.0 Å². The number of thiophene rings is 1. The van der Waals surface area contributed by atoms with Crippen LogP contribution in [0.5, 0.6) is 11.5 Å². The van der Waals surface area contributed by atoms with Crippen molar-refractivity contribution in [1.29, 1.82) is 0 Å². The van der Waals surface area contributed by atoms with Gasteiger partial charge in [0.05, 0.1) is 19.2 Å². The van der Waals surface area contributed by atoms with Gasteiger partial charge in [-0.1, -0.05) is 29.3 Å². The number of ether oxygens (including phenoxy) is 3. The van der Waals surface area contributed by atoms with Gasteiger partial charge in [-0.05, 0) is 12.1 Å². The zero-order chi connectivity index (χ0) is 20.3. The molecule has 9 heteroatoms. The molecular formula is C19H15Cl2NO5S. The molecule has 1 amide bonds. The molecule has 1 N–H and O–H groups in total. The van der Waals surface area contributed by atoms with Gasteiger partial charge in [-0.2, -0.15) is 0 Å². The topological polar surface area (TPSA) is 73.9 Å². The lowest BCUT2D eigenvalue weighted by atomic mass is 10.2. The molecule has 0 aliphatic rings. The summed E-state index contributed by atoms with van der Waals surface area (Å²) in [5.74, 6) is -0.158. The Bertz CT molecular complexity index is 1030. The molecule has 0 aliphatic heterocycles. The molecule has 0 bridgehead atoms. The van der Waals surface area contributed by atoms with E-state index in [1.54, 1.807) is 36.4 Å². The highest BCUT2D eigenvalue weighted by Crippen LogP contribution is 2.37. The van der Waals surface area contributed by atoms with Crippen molar-refractivity contribution in [2.45, 2.75) is 0 Å². The molecule has 1 aromatic heterocycles. The smallest absolute Gasteiger partial charge is 0.350 e. The van der Waals surface area contributed by atoms with Gasteiger partial charge in [-0.25, -0.2) is 4.79 Å². The Balaban J connectivity index is 1.66. The quantitative estimate of drug-likeness (QED) is 0.545. The molecule has 0 unspecified atom stereocenters. The van der Waals surface area contributed by atoms with Crippen LogP contribution in [0.1, 0.15) is 9.67 Å². The van der Waals surface area contributed by atoms with E-state index in [-0.39, 0.29) is 9.90 Å². The molecule has 0 atom stereocenters. The first kappa shape index (κ1) is 20.3. The van der Waals surface area contributed by atoms with Crippen LogP contribution >= 0.6 is 34.5 Å². The molecule has 3 aromatic rings. The summed E-state index contributed by atoms with van der Waals surface area (Å²) in [6.45, 7) is -0.469. The first-order chi connectivity index (χ1) is 13.4. The second-order valence-corrected chi connectivity index (χ2v) is 7.48. The Labute approximate surface area is 174 Å². The Kier molecular flexibility index (Phi) is 6.28. The normalized spacial score (nSPS) is 10.6. The SMILES string of the molecule is COc1cc(NC(=O)COC(=O)c2sc3cc(Cl)ccc3c2Cl)cc(OC)c1. The number of amides is 1. The van der Waals surface area contributed by atoms with Crippen molar-refractivity contribution in [1.82, 2.24) is 0 Å². The van der Waals surface area contributed by atoms with Crippen molar-refractivity contribution >= 4 is 62.2 Å². The highest BCUT2D eigenvalue weighted by Gasteiger charge is 2.20. The third-order valence-corrected chi connectivity index (χ3v) is 5.62. The van der Waals surface area contributed by atoms with Crippen LogP contribution in [0.15, 0.2) is 36.4 Å². The van der Waals surface area contributed by atoms with Gasteiger partial charge in [0.25, 0.3) is 5.91 Å². The summed E-state index contributed by atoms with van der Waals surface area (Å²) in [7, 11) is 3.01. The number of hydrogen-bond acceptors (Lipinski definition) is 6. The maximum Gasteiger partial charge on any atom is 0.350 e. The van der Waals surface area contributed by atoms with E-state index in [4.69, 9.17) is 37.4 Å². The lowest BCUT2D eigenvalue weighted by molar-refractivity contribution is -0.119. The number of anilines is 1. The first-order valence-corrected chi connectivity index (χ1v) is 9.56. The maximum absolute atomic E-state index is 12.3. The van der Waals surface area contributed by atoms with Crippen LogP contribution in [0.2, 0.25) is 10.0 Å². The van der Waals surface area contributed by atoms with E-state index in [2.05, 4.69) is 5.32 Å². The second kappa shape index (κ2) is 8.68. The fraction of sp³-hybridized carbons (Fsp3) is 0.158. The Hall–Kier alpha value is -2.48. The van der Waals surface area contributed by atoms with Crippen LogP contribution < -0.4 is 14.8 Å². The minimum atomic E-state index is -0.680. The van der Waals surface area contributed by atoms with Crippen LogP contribution in [0.25, 0.3) is 10.1 Å². The molecule has 3 rings (SSSR count). The van der Waals surface area contributed by atoms with Crippen molar-refractivity contribution in [3.05, 3.63) is 51.3 Å². The van der Waals surface area contributed by atoms with E-state index >= 15 is 0 Å². The van der Waals surface area contributed by atoms with E-state index in [1.165, 1.54) is 14.2 Å². The third-order valence-electron chi connectivity index (χ3n) is 3.75. The number of carbonyl (C=O) groups excluding carboxylic acids is 2. The van der Waals surface area contributed by atoms with Crippen LogP contribution in [0, 0.1) is 0 Å². The van der Waals surface area contributed by atoms with Crippen LogP contribution in [0.4, 0.5) is 5.69 Å². The third kappa shape index (κ3) is 4.49. The number of esters is 1. The fourth-order valence-corrected chi connectivity index (χ4v) is 4.12. The van der Waals surface area contributed by atoms with Crippen LogP contribution in [0.3, 0.4) is 0 Å². The molecular weight excluding hydrogens is 425 g/mol. The number of halogens is 2. The minimum Gasteiger partial charge on any atom is -0.497 e. The van der Waals surface area contributed by atoms with Crippen LogP contribution in [-0.4, -0.2) is 32.7 Å². The Morgan fingerprint density at radius 2 is 1.71 bits per heavy atom. The summed E-state index contributed by atoms with van der Waals surface area (Å²) >= 11 is 13.4. The lowest BCUT2D eigenvalue weighted by Crippen LogP contribution is -2.20. The summed E-state index contributed by atoms with van der Waals surface area (Å²) < 4.78 is 16.1. The zero-order valence-electron chi connectivity index (χ0n) is 14.9. The number of rotatable bonds is 6. The average Bonchev–Trinajstić information content (AvgIpc) is 3.01. The van der Waals surface area contributed by atoms with Gasteiger partial charge in [-0.3, -0.25) is 4.79 Å². The monoisotopic (exact) mass is 439 g/mol. The molecule has 2 aromatic carbocycles. The molecule has 0 radical (unpaired) electrons. The molecule has 0 spiro atoms. The summed E-state index contributed by atoms with van der Waals surface area (Å²) in [5.41, 5.74) is 0.451. The Morgan fingerprint density at radius 3 is 2.36 bits per heavy atom. The van der Waals surface area contributed by atoms with E-state index < -0.39 is 18.5 Å². The fourth-order valence-electron chi connectivity index (χ4n) is 2.44. The molecule has 146 valence electrons. The summed E-state index contributed by atoms with van der Waals surface area (Å²) in [6, 6.07) is 10.0. The summed E-state index contributed by atoms with van der Waals surface area (Å²) in [6.07, 6.45) is 0. The van der Waals surface area contributed by atoms with E-state index in [1.807, 2.05) is 0 Å². The summed E-state index contributed by atoms with van der Waals surface area (Å²) in [5, 5.41) is 4.15. The van der Waals surface area contributed by atoms with Crippen molar-refractivity contribution in [3.63, 3.8) is 0 Å². The first-order valence-electron chi connectivity index (χ1n) is 7.99. The molecule has 6 nitrogen and oxygen atoms in total. The van der Waals surface area contributed by atoms with Crippen molar-refractivity contribution in [2.24, 2.45) is 0 Å². The molecule has 0 saturated heterocycles. The van der Waals surface area contributed by atoms with Gasteiger partial charge < -0.3 is 19.5 Å². The highest BCUT2D eigenvalue weighted by molar-refractivity contribution is 7.21. The van der Waals surface area contributed by atoms with Crippen LogP contribution in [-0.2, 0) is 9.53 Å². The number of carbonyl (C=O) groups is 2. The molecule has 28 heavy (non-hydrogen) atoms. The minimum absolute atomic E-state index is 0.217. The largest absolute Gasteiger partial charge is 0.497 e. The molecule has 0 fully saturated rings. The van der Waals surface area contributed by atoms with Gasteiger partial charge in [0.2, 0.25) is 0 Å². The number of benzene rings is 2. The molecule has 0 saturated carbocycles. The zero-order valence-corrected chi connectivity index (χ0v) is 17.2. The lowest BCUT2D eigenvalue weighted by Gasteiger charge is -2.10.